The number of carboxylic acids is 1. The summed E-state index contributed by atoms with van der Waals surface area (Å²) in [5, 5.41) is 13.5. The summed E-state index contributed by atoms with van der Waals surface area (Å²) in [5.41, 5.74) is 2.62. The Morgan fingerprint density at radius 3 is 2.84 bits per heavy atom. The van der Waals surface area contributed by atoms with E-state index in [0.717, 1.165) is 30.4 Å². The topological polar surface area (TPSA) is 65.1 Å². The van der Waals surface area contributed by atoms with Gasteiger partial charge in [0, 0.05) is 17.1 Å². The Morgan fingerprint density at radius 1 is 1.32 bits per heavy atom. The molecule has 1 aliphatic rings. The maximum atomic E-state index is 11.0. The van der Waals surface area contributed by atoms with Gasteiger partial charge in [-0.05, 0) is 62.0 Å². The summed E-state index contributed by atoms with van der Waals surface area (Å²) in [4.78, 5) is 14.3. The van der Waals surface area contributed by atoms with Gasteiger partial charge < -0.3 is 15.4 Å². The van der Waals surface area contributed by atoms with E-state index < -0.39 is 5.97 Å². The van der Waals surface area contributed by atoms with Crippen LogP contribution < -0.4 is 5.32 Å². The molecule has 1 saturated heterocycles. The fraction of sp³-hybridized carbons (Fsp3) is 0.400. The molecule has 4 nitrogen and oxygen atoms in total. The van der Waals surface area contributed by atoms with E-state index in [-0.39, 0.29) is 0 Å². The molecule has 3 N–H and O–H groups in total. The molecule has 0 spiro atoms. The van der Waals surface area contributed by atoms with E-state index in [0.29, 0.717) is 11.5 Å². The number of piperidine rings is 1. The predicted molar refractivity (Wildman–Crippen MR) is 74.6 cm³/mol. The lowest BCUT2D eigenvalue weighted by atomic mass is 9.91. The molecule has 0 amide bonds. The zero-order valence-corrected chi connectivity index (χ0v) is 10.8. The molecular formula is C15H18N2O2. The number of carboxylic acid groups (broad SMARTS) is 1. The number of aromatic nitrogens is 1. The Kier molecular flexibility index (Phi) is 3.25. The van der Waals surface area contributed by atoms with Crippen LogP contribution in [0.15, 0.2) is 24.4 Å². The number of aromatic carboxylic acids is 1. The number of fused-ring (bicyclic) bond motifs is 1. The van der Waals surface area contributed by atoms with Crippen LogP contribution in [0.3, 0.4) is 0 Å². The second kappa shape index (κ2) is 5.05. The predicted octanol–water partition coefficient (Wildman–Crippen LogP) is 2.41. The van der Waals surface area contributed by atoms with Crippen molar-refractivity contribution in [3.8, 4) is 0 Å². The summed E-state index contributed by atoms with van der Waals surface area (Å²) < 4.78 is 0. The van der Waals surface area contributed by atoms with Crippen molar-refractivity contribution in [1.82, 2.24) is 10.3 Å². The Balaban J connectivity index is 1.89. The van der Waals surface area contributed by atoms with Gasteiger partial charge in [-0.2, -0.15) is 0 Å². The van der Waals surface area contributed by atoms with Crippen LogP contribution in [0.4, 0.5) is 0 Å². The van der Waals surface area contributed by atoms with Crippen molar-refractivity contribution in [2.45, 2.75) is 19.3 Å². The number of H-pyrrole nitrogens is 1. The highest BCUT2D eigenvalue weighted by Gasteiger charge is 2.16. The highest BCUT2D eigenvalue weighted by atomic mass is 16.4. The average Bonchev–Trinajstić information content (AvgIpc) is 2.82. The molecule has 0 unspecified atom stereocenters. The molecule has 3 rings (SSSR count). The van der Waals surface area contributed by atoms with Crippen LogP contribution in [0.25, 0.3) is 10.9 Å². The Morgan fingerprint density at radius 2 is 2.11 bits per heavy atom. The minimum atomic E-state index is -0.865. The number of rotatable bonds is 3. The van der Waals surface area contributed by atoms with Gasteiger partial charge in [-0.3, -0.25) is 0 Å². The minimum absolute atomic E-state index is 0.360. The molecule has 0 saturated carbocycles. The van der Waals surface area contributed by atoms with Crippen molar-refractivity contribution in [1.29, 1.82) is 0 Å². The summed E-state index contributed by atoms with van der Waals surface area (Å²) in [6.07, 6.45) is 5.46. The Bertz CT molecular complexity index is 597. The average molecular weight is 258 g/mol. The molecule has 2 aromatic rings. The third kappa shape index (κ3) is 2.49. The molecule has 1 aliphatic heterocycles. The molecule has 0 radical (unpaired) electrons. The first kappa shape index (κ1) is 12.2. The summed E-state index contributed by atoms with van der Waals surface area (Å²) >= 11 is 0. The lowest BCUT2D eigenvalue weighted by Crippen LogP contribution is -2.28. The maximum absolute atomic E-state index is 11.0. The van der Waals surface area contributed by atoms with Crippen LogP contribution in [-0.4, -0.2) is 29.1 Å². The lowest BCUT2D eigenvalue weighted by molar-refractivity contribution is 0.0697. The first-order chi connectivity index (χ1) is 9.24. The fourth-order valence-corrected chi connectivity index (χ4v) is 2.88. The molecule has 0 aliphatic carbocycles. The van der Waals surface area contributed by atoms with E-state index in [1.54, 1.807) is 12.1 Å². The van der Waals surface area contributed by atoms with E-state index in [4.69, 9.17) is 5.11 Å². The third-order valence-corrected chi connectivity index (χ3v) is 3.98. The van der Waals surface area contributed by atoms with Gasteiger partial charge in [-0.15, -0.1) is 0 Å². The van der Waals surface area contributed by atoms with Crippen LogP contribution in [0.2, 0.25) is 0 Å². The van der Waals surface area contributed by atoms with Gasteiger partial charge in [0.25, 0.3) is 0 Å². The Hall–Kier alpha value is -1.81. The number of carbonyl (C=O) groups is 1. The zero-order chi connectivity index (χ0) is 13.2. The first-order valence-electron chi connectivity index (χ1n) is 6.78. The maximum Gasteiger partial charge on any atom is 0.335 e. The SMILES string of the molecule is O=C(O)c1ccc2[nH]cc(CC3CCNCC3)c2c1. The summed E-state index contributed by atoms with van der Waals surface area (Å²) in [6, 6.07) is 5.28. The zero-order valence-electron chi connectivity index (χ0n) is 10.8. The summed E-state index contributed by atoms with van der Waals surface area (Å²) in [6.45, 7) is 2.18. The first-order valence-corrected chi connectivity index (χ1v) is 6.78. The van der Waals surface area contributed by atoms with Crippen molar-refractivity contribution in [3.05, 3.63) is 35.5 Å². The van der Waals surface area contributed by atoms with Crippen molar-refractivity contribution in [3.63, 3.8) is 0 Å². The van der Waals surface area contributed by atoms with E-state index in [1.807, 2.05) is 12.3 Å². The standard InChI is InChI=1S/C15H18N2O2/c18-15(19)11-1-2-14-13(8-11)12(9-17-14)7-10-3-5-16-6-4-10/h1-2,8-10,16-17H,3-7H2,(H,18,19). The van der Waals surface area contributed by atoms with Crippen molar-refractivity contribution in [2.75, 3.05) is 13.1 Å². The van der Waals surface area contributed by atoms with Gasteiger partial charge in [0.2, 0.25) is 0 Å². The van der Waals surface area contributed by atoms with Crippen LogP contribution >= 0.6 is 0 Å². The van der Waals surface area contributed by atoms with E-state index in [1.165, 1.54) is 18.4 Å². The van der Waals surface area contributed by atoms with Crippen LogP contribution in [-0.2, 0) is 6.42 Å². The molecule has 100 valence electrons. The summed E-state index contributed by atoms with van der Waals surface area (Å²) in [7, 11) is 0. The molecule has 4 heteroatoms. The fourth-order valence-electron chi connectivity index (χ4n) is 2.88. The van der Waals surface area contributed by atoms with Gasteiger partial charge >= 0.3 is 5.97 Å². The molecule has 19 heavy (non-hydrogen) atoms. The van der Waals surface area contributed by atoms with Gasteiger partial charge in [0.05, 0.1) is 5.56 Å². The van der Waals surface area contributed by atoms with Gasteiger partial charge in [0.1, 0.15) is 0 Å². The minimum Gasteiger partial charge on any atom is -0.478 e. The number of benzene rings is 1. The van der Waals surface area contributed by atoms with E-state index in [2.05, 4.69) is 10.3 Å². The molecule has 1 aromatic heterocycles. The van der Waals surface area contributed by atoms with Crippen molar-refractivity contribution in [2.24, 2.45) is 5.92 Å². The third-order valence-electron chi connectivity index (χ3n) is 3.98. The highest BCUT2D eigenvalue weighted by molar-refractivity contribution is 5.94. The van der Waals surface area contributed by atoms with E-state index >= 15 is 0 Å². The molecule has 1 fully saturated rings. The van der Waals surface area contributed by atoms with Gasteiger partial charge in [0.15, 0.2) is 0 Å². The Labute approximate surface area is 111 Å². The number of hydrogen-bond donors (Lipinski definition) is 3. The normalized spacial score (nSPS) is 16.8. The molecule has 0 atom stereocenters. The van der Waals surface area contributed by atoms with Crippen LogP contribution in [0.1, 0.15) is 28.8 Å². The van der Waals surface area contributed by atoms with Gasteiger partial charge in [-0.25, -0.2) is 4.79 Å². The molecule has 0 bridgehead atoms. The number of nitrogens with one attached hydrogen (secondary N) is 2. The van der Waals surface area contributed by atoms with Crippen molar-refractivity contribution < 1.29 is 9.90 Å². The van der Waals surface area contributed by atoms with Crippen molar-refractivity contribution >= 4 is 16.9 Å². The number of hydrogen-bond acceptors (Lipinski definition) is 2. The molecule has 1 aromatic carbocycles. The van der Waals surface area contributed by atoms with Crippen LogP contribution in [0.5, 0.6) is 0 Å². The molecular weight excluding hydrogens is 240 g/mol. The second-order valence-electron chi connectivity index (χ2n) is 5.28. The largest absolute Gasteiger partial charge is 0.478 e. The van der Waals surface area contributed by atoms with Crippen LogP contribution in [0, 0.1) is 5.92 Å². The lowest BCUT2D eigenvalue weighted by Gasteiger charge is -2.22. The second-order valence-corrected chi connectivity index (χ2v) is 5.28. The van der Waals surface area contributed by atoms with Gasteiger partial charge in [-0.1, -0.05) is 0 Å². The highest BCUT2D eigenvalue weighted by Crippen LogP contribution is 2.25. The van der Waals surface area contributed by atoms with E-state index in [9.17, 15) is 4.79 Å². The number of aromatic amines is 1. The quantitative estimate of drug-likeness (QED) is 0.792. The molecule has 2 heterocycles. The monoisotopic (exact) mass is 258 g/mol. The summed E-state index contributed by atoms with van der Waals surface area (Å²) in [5.74, 6) is -0.162. The smallest absolute Gasteiger partial charge is 0.335 e.